The number of carboxylic acids is 1. The molecule has 0 bridgehead atoms. The smallest absolute Gasteiger partial charge is 0.313 e. The second-order valence-corrected chi connectivity index (χ2v) is 5.97. The third kappa shape index (κ3) is 4.39. The van der Waals surface area contributed by atoms with Crippen molar-refractivity contribution in [3.05, 3.63) is 29.8 Å². The van der Waals surface area contributed by atoms with E-state index in [4.69, 9.17) is 9.84 Å². The highest BCUT2D eigenvalue weighted by Gasteiger charge is 2.27. The number of aliphatic carboxylic acids is 1. The molecule has 1 heterocycles. The summed E-state index contributed by atoms with van der Waals surface area (Å²) < 4.78 is 5.14. The molecule has 1 aromatic rings. The molecule has 1 aliphatic rings. The van der Waals surface area contributed by atoms with Gasteiger partial charge in [0.05, 0.1) is 18.6 Å². The van der Waals surface area contributed by atoms with Gasteiger partial charge in [-0.3, -0.25) is 9.59 Å². The van der Waals surface area contributed by atoms with E-state index >= 15 is 0 Å². The first kappa shape index (κ1) is 15.7. The molecule has 1 aromatic carbocycles. The standard InChI is InChI=1S/C15H19NO4S/c1-20-13-4-2-11(3-5-13)12-6-7-16(8-12)14(17)9-21-10-15(18)19/h2-5,12H,6-10H2,1H3,(H,18,19). The van der Waals surface area contributed by atoms with E-state index < -0.39 is 5.97 Å². The number of methoxy groups -OCH3 is 1. The van der Waals surface area contributed by atoms with Gasteiger partial charge < -0.3 is 14.7 Å². The lowest BCUT2D eigenvalue weighted by Gasteiger charge is -2.16. The first-order valence-corrected chi connectivity index (χ1v) is 7.97. The lowest BCUT2D eigenvalue weighted by Crippen LogP contribution is -2.30. The number of rotatable bonds is 6. The molecule has 1 N–H and O–H groups in total. The van der Waals surface area contributed by atoms with E-state index in [1.165, 1.54) is 5.56 Å². The minimum atomic E-state index is -0.884. The summed E-state index contributed by atoms with van der Waals surface area (Å²) in [6.45, 7) is 1.45. The Morgan fingerprint density at radius 2 is 2.05 bits per heavy atom. The average Bonchev–Trinajstić information content (AvgIpc) is 2.97. The largest absolute Gasteiger partial charge is 0.497 e. The van der Waals surface area contributed by atoms with Gasteiger partial charge in [-0.1, -0.05) is 12.1 Å². The number of hydrogen-bond donors (Lipinski definition) is 1. The predicted octanol–water partition coefficient (Wildman–Crippen LogP) is 1.83. The van der Waals surface area contributed by atoms with Gasteiger partial charge in [0.25, 0.3) is 0 Å². The SMILES string of the molecule is COc1ccc(C2CCN(C(=O)CSCC(=O)O)C2)cc1. The van der Waals surface area contributed by atoms with Crippen LogP contribution in [0.25, 0.3) is 0 Å². The molecule has 0 aliphatic carbocycles. The van der Waals surface area contributed by atoms with Crippen molar-refractivity contribution in [2.45, 2.75) is 12.3 Å². The van der Waals surface area contributed by atoms with E-state index in [-0.39, 0.29) is 17.4 Å². The highest BCUT2D eigenvalue weighted by Crippen LogP contribution is 2.28. The molecule has 1 unspecified atom stereocenters. The number of carbonyl (C=O) groups excluding carboxylic acids is 1. The molecular weight excluding hydrogens is 290 g/mol. The number of carbonyl (C=O) groups is 2. The Bertz CT molecular complexity index is 503. The number of ether oxygens (including phenoxy) is 1. The molecule has 1 fully saturated rings. The van der Waals surface area contributed by atoms with E-state index in [0.717, 1.165) is 30.5 Å². The maximum atomic E-state index is 12.0. The molecule has 0 aromatic heterocycles. The Hall–Kier alpha value is -1.69. The Morgan fingerprint density at radius 3 is 2.67 bits per heavy atom. The zero-order valence-electron chi connectivity index (χ0n) is 11.9. The molecule has 114 valence electrons. The van der Waals surface area contributed by atoms with Crippen molar-refractivity contribution >= 4 is 23.6 Å². The lowest BCUT2D eigenvalue weighted by atomic mass is 9.98. The summed E-state index contributed by atoms with van der Waals surface area (Å²) in [5.41, 5.74) is 1.21. The van der Waals surface area contributed by atoms with Crippen LogP contribution in [-0.2, 0) is 9.59 Å². The molecule has 0 radical (unpaired) electrons. The fourth-order valence-corrected chi connectivity index (χ4v) is 3.09. The summed E-state index contributed by atoms with van der Waals surface area (Å²) in [4.78, 5) is 24.3. The van der Waals surface area contributed by atoms with Crippen LogP contribution in [0.5, 0.6) is 5.75 Å². The topological polar surface area (TPSA) is 66.8 Å². The molecule has 1 saturated heterocycles. The summed E-state index contributed by atoms with van der Waals surface area (Å²) in [6, 6.07) is 7.94. The average molecular weight is 309 g/mol. The fourth-order valence-electron chi connectivity index (χ4n) is 2.45. The minimum Gasteiger partial charge on any atom is -0.497 e. The van der Waals surface area contributed by atoms with Crippen LogP contribution in [0.1, 0.15) is 17.9 Å². The summed E-state index contributed by atoms with van der Waals surface area (Å²) in [7, 11) is 1.64. The number of thioether (sulfide) groups is 1. The Labute approximate surface area is 128 Å². The number of carboxylic acid groups (broad SMARTS) is 1. The lowest BCUT2D eigenvalue weighted by molar-refractivity contribution is -0.133. The highest BCUT2D eigenvalue weighted by atomic mass is 32.2. The van der Waals surface area contributed by atoms with Crippen molar-refractivity contribution in [1.29, 1.82) is 0 Å². The first-order valence-electron chi connectivity index (χ1n) is 6.81. The maximum Gasteiger partial charge on any atom is 0.313 e. The van der Waals surface area contributed by atoms with Crippen molar-refractivity contribution in [3.63, 3.8) is 0 Å². The zero-order chi connectivity index (χ0) is 15.2. The molecule has 1 aliphatic heterocycles. The molecule has 0 spiro atoms. The number of nitrogens with zero attached hydrogens (tertiary/aromatic N) is 1. The van der Waals surface area contributed by atoms with Gasteiger partial charge in [-0.25, -0.2) is 0 Å². The van der Waals surface area contributed by atoms with Crippen molar-refractivity contribution in [2.24, 2.45) is 0 Å². The van der Waals surface area contributed by atoms with Gasteiger partial charge in [0.2, 0.25) is 5.91 Å². The van der Waals surface area contributed by atoms with Gasteiger partial charge in [0.1, 0.15) is 5.75 Å². The number of hydrogen-bond acceptors (Lipinski definition) is 4. The molecule has 0 saturated carbocycles. The molecule has 2 rings (SSSR count). The van der Waals surface area contributed by atoms with Crippen molar-refractivity contribution in [1.82, 2.24) is 4.90 Å². The fraction of sp³-hybridized carbons (Fsp3) is 0.467. The molecule has 5 nitrogen and oxygen atoms in total. The summed E-state index contributed by atoms with van der Waals surface area (Å²) in [5, 5.41) is 8.57. The normalized spacial score (nSPS) is 17.8. The monoisotopic (exact) mass is 309 g/mol. The second kappa shape index (κ2) is 7.36. The number of benzene rings is 1. The third-order valence-electron chi connectivity index (χ3n) is 3.58. The summed E-state index contributed by atoms with van der Waals surface area (Å²) in [6.07, 6.45) is 0.946. The van der Waals surface area contributed by atoms with Crippen LogP contribution in [0, 0.1) is 0 Å². The van der Waals surface area contributed by atoms with E-state index in [1.54, 1.807) is 7.11 Å². The Balaban J connectivity index is 1.84. The van der Waals surface area contributed by atoms with Gasteiger partial charge in [0.15, 0.2) is 0 Å². The number of amides is 1. The van der Waals surface area contributed by atoms with Gasteiger partial charge in [-0.2, -0.15) is 0 Å². The van der Waals surface area contributed by atoms with Crippen molar-refractivity contribution in [2.75, 3.05) is 31.7 Å². The van der Waals surface area contributed by atoms with Crippen LogP contribution in [-0.4, -0.2) is 53.6 Å². The van der Waals surface area contributed by atoms with Crippen molar-refractivity contribution < 1.29 is 19.4 Å². The second-order valence-electron chi connectivity index (χ2n) is 4.99. The van der Waals surface area contributed by atoms with E-state index in [9.17, 15) is 9.59 Å². The van der Waals surface area contributed by atoms with E-state index in [2.05, 4.69) is 0 Å². The highest BCUT2D eigenvalue weighted by molar-refractivity contribution is 8.00. The quantitative estimate of drug-likeness (QED) is 0.868. The zero-order valence-corrected chi connectivity index (χ0v) is 12.8. The molecular formula is C15H19NO4S. The molecule has 1 atom stereocenters. The summed E-state index contributed by atoms with van der Waals surface area (Å²) in [5.74, 6) is 0.532. The van der Waals surface area contributed by atoms with Crippen LogP contribution >= 0.6 is 11.8 Å². The van der Waals surface area contributed by atoms with Gasteiger partial charge in [0, 0.05) is 19.0 Å². The molecule has 21 heavy (non-hydrogen) atoms. The Morgan fingerprint density at radius 1 is 1.33 bits per heavy atom. The van der Waals surface area contributed by atoms with Crippen LogP contribution in [0.15, 0.2) is 24.3 Å². The van der Waals surface area contributed by atoms with Gasteiger partial charge in [-0.15, -0.1) is 11.8 Å². The van der Waals surface area contributed by atoms with Gasteiger partial charge >= 0.3 is 5.97 Å². The van der Waals surface area contributed by atoms with Crippen LogP contribution < -0.4 is 4.74 Å². The third-order valence-corrected chi connectivity index (χ3v) is 4.48. The predicted molar refractivity (Wildman–Crippen MR) is 81.9 cm³/mol. The molecule has 6 heteroatoms. The Kier molecular flexibility index (Phi) is 5.50. The first-order chi connectivity index (χ1) is 10.1. The van der Waals surface area contributed by atoms with Crippen LogP contribution in [0.4, 0.5) is 0 Å². The van der Waals surface area contributed by atoms with E-state index in [1.807, 2.05) is 29.2 Å². The van der Waals surface area contributed by atoms with Crippen LogP contribution in [0.2, 0.25) is 0 Å². The van der Waals surface area contributed by atoms with Crippen molar-refractivity contribution in [3.8, 4) is 5.75 Å². The van der Waals surface area contributed by atoms with E-state index in [0.29, 0.717) is 12.5 Å². The maximum absolute atomic E-state index is 12.0. The number of likely N-dealkylation sites (tertiary alicyclic amines) is 1. The minimum absolute atomic E-state index is 0.0252. The summed E-state index contributed by atoms with van der Waals surface area (Å²) >= 11 is 1.15. The molecule has 1 amide bonds. The van der Waals surface area contributed by atoms with Gasteiger partial charge in [-0.05, 0) is 24.1 Å². The van der Waals surface area contributed by atoms with Crippen LogP contribution in [0.3, 0.4) is 0 Å².